The highest BCUT2D eigenvalue weighted by Crippen LogP contribution is 2.24. The molecule has 0 bridgehead atoms. The van der Waals surface area contributed by atoms with Gasteiger partial charge in [-0.3, -0.25) is 9.10 Å². The van der Waals surface area contributed by atoms with E-state index in [1.807, 2.05) is 37.3 Å². The molecule has 3 rings (SSSR count). The molecule has 1 atom stereocenters. The number of sulfonamides is 1. The minimum Gasteiger partial charge on any atom is -0.336 e. The van der Waals surface area contributed by atoms with Crippen molar-refractivity contribution < 1.29 is 13.2 Å². The number of carbonyl (C=O) groups is 1. The number of fused-ring (bicyclic) bond motifs is 1. The summed E-state index contributed by atoms with van der Waals surface area (Å²) in [4.78, 5) is 14.8. The molecule has 0 spiro atoms. The smallest absolute Gasteiger partial charge is 0.246 e. The van der Waals surface area contributed by atoms with Crippen molar-refractivity contribution in [1.82, 2.24) is 4.90 Å². The highest BCUT2D eigenvalue weighted by Gasteiger charge is 2.33. The number of amides is 1. The minimum atomic E-state index is -3.59. The van der Waals surface area contributed by atoms with Gasteiger partial charge in [0.25, 0.3) is 0 Å². The van der Waals surface area contributed by atoms with Crippen LogP contribution in [0.25, 0.3) is 0 Å². The van der Waals surface area contributed by atoms with Crippen molar-refractivity contribution in [2.45, 2.75) is 32.9 Å². The summed E-state index contributed by atoms with van der Waals surface area (Å²) in [6.45, 7) is 4.72. The predicted molar refractivity (Wildman–Crippen MR) is 104 cm³/mol. The van der Waals surface area contributed by atoms with Crippen LogP contribution in [0.2, 0.25) is 0 Å². The highest BCUT2D eigenvalue weighted by atomic mass is 32.2. The summed E-state index contributed by atoms with van der Waals surface area (Å²) in [6, 6.07) is 14.5. The van der Waals surface area contributed by atoms with Gasteiger partial charge in [-0.05, 0) is 43.5 Å². The normalized spacial score (nSPS) is 15.3. The van der Waals surface area contributed by atoms with Crippen LogP contribution in [0.15, 0.2) is 48.5 Å². The molecule has 0 aromatic heterocycles. The molecule has 1 heterocycles. The zero-order valence-corrected chi connectivity index (χ0v) is 16.2. The van der Waals surface area contributed by atoms with Crippen molar-refractivity contribution in [2.75, 3.05) is 17.1 Å². The molecule has 0 N–H and O–H groups in total. The van der Waals surface area contributed by atoms with Gasteiger partial charge in [0.15, 0.2) is 0 Å². The first-order valence-corrected chi connectivity index (χ1v) is 10.5. The number of hydrogen-bond donors (Lipinski definition) is 0. The lowest BCUT2D eigenvalue weighted by Crippen LogP contribution is -2.50. The third-order valence-electron chi connectivity index (χ3n) is 4.80. The summed E-state index contributed by atoms with van der Waals surface area (Å²) in [5.41, 5.74) is 3.92. The molecule has 1 unspecified atom stereocenters. The number of anilines is 1. The van der Waals surface area contributed by atoms with Crippen molar-refractivity contribution in [3.05, 3.63) is 65.2 Å². The molecule has 0 saturated carbocycles. The van der Waals surface area contributed by atoms with Crippen LogP contribution in [0.1, 0.15) is 23.6 Å². The number of benzene rings is 2. The number of nitrogens with zero attached hydrogens (tertiary/aromatic N) is 2. The second-order valence-electron chi connectivity index (χ2n) is 6.85. The zero-order valence-electron chi connectivity index (χ0n) is 15.3. The Kier molecular flexibility index (Phi) is 5.05. The molecule has 0 aliphatic carbocycles. The van der Waals surface area contributed by atoms with Gasteiger partial charge >= 0.3 is 0 Å². The monoisotopic (exact) mass is 372 g/mol. The first-order valence-electron chi connectivity index (χ1n) is 8.69. The van der Waals surface area contributed by atoms with Crippen LogP contribution in [-0.2, 0) is 27.8 Å². The molecule has 0 fully saturated rings. The number of carbonyl (C=O) groups excluding carboxylic acids is 1. The van der Waals surface area contributed by atoms with E-state index in [-0.39, 0.29) is 5.91 Å². The molecule has 6 heteroatoms. The summed E-state index contributed by atoms with van der Waals surface area (Å²) >= 11 is 0. The summed E-state index contributed by atoms with van der Waals surface area (Å²) < 4.78 is 26.0. The van der Waals surface area contributed by atoms with Crippen molar-refractivity contribution >= 4 is 21.6 Å². The fourth-order valence-corrected chi connectivity index (χ4v) is 4.61. The van der Waals surface area contributed by atoms with Crippen molar-refractivity contribution in [2.24, 2.45) is 0 Å². The summed E-state index contributed by atoms with van der Waals surface area (Å²) in [5, 5.41) is 0. The van der Waals surface area contributed by atoms with Crippen LogP contribution < -0.4 is 4.31 Å². The molecule has 138 valence electrons. The van der Waals surface area contributed by atoms with Crippen LogP contribution in [0.5, 0.6) is 0 Å². The summed E-state index contributed by atoms with van der Waals surface area (Å²) in [6.07, 6.45) is 1.93. The molecule has 1 amide bonds. The SMILES string of the molecule is Cc1ccc(N(C(C)C(=O)N2CCc3ccccc3C2)S(C)(=O)=O)cc1. The Balaban J connectivity index is 1.86. The molecule has 2 aromatic rings. The molecule has 1 aliphatic rings. The van der Waals surface area contributed by atoms with Crippen LogP contribution in [0.3, 0.4) is 0 Å². The quantitative estimate of drug-likeness (QED) is 0.829. The van der Waals surface area contributed by atoms with E-state index in [0.29, 0.717) is 18.8 Å². The Morgan fingerprint density at radius 3 is 2.31 bits per heavy atom. The van der Waals surface area contributed by atoms with Gasteiger partial charge in [-0.2, -0.15) is 0 Å². The Hall–Kier alpha value is -2.34. The molecule has 0 saturated heterocycles. The van der Waals surface area contributed by atoms with Gasteiger partial charge in [0.05, 0.1) is 11.9 Å². The first kappa shape index (κ1) is 18.5. The maximum absolute atomic E-state index is 13.1. The number of hydrogen-bond acceptors (Lipinski definition) is 3. The van der Waals surface area contributed by atoms with Gasteiger partial charge < -0.3 is 4.90 Å². The third-order valence-corrected chi connectivity index (χ3v) is 6.04. The van der Waals surface area contributed by atoms with Gasteiger partial charge in [-0.15, -0.1) is 0 Å². The standard InChI is InChI=1S/C20H24N2O3S/c1-15-8-10-19(11-9-15)22(26(3,24)25)16(2)20(23)21-13-12-17-6-4-5-7-18(17)14-21/h4-11,16H,12-14H2,1-3H3. The molecular weight excluding hydrogens is 348 g/mol. The second kappa shape index (κ2) is 7.11. The van der Waals surface area contributed by atoms with Crippen molar-refractivity contribution in [3.63, 3.8) is 0 Å². The average molecular weight is 372 g/mol. The van der Waals surface area contributed by atoms with E-state index in [9.17, 15) is 13.2 Å². The molecule has 0 radical (unpaired) electrons. The summed E-state index contributed by atoms with van der Waals surface area (Å²) in [7, 11) is -3.59. The molecule has 1 aliphatic heterocycles. The Bertz CT molecular complexity index is 907. The van der Waals surface area contributed by atoms with E-state index in [2.05, 4.69) is 6.07 Å². The van der Waals surface area contributed by atoms with E-state index < -0.39 is 16.1 Å². The van der Waals surface area contributed by atoms with Crippen LogP contribution >= 0.6 is 0 Å². The van der Waals surface area contributed by atoms with Gasteiger partial charge in [0.1, 0.15) is 6.04 Å². The number of rotatable bonds is 4. The molecule has 2 aromatic carbocycles. The van der Waals surface area contributed by atoms with Crippen molar-refractivity contribution in [1.29, 1.82) is 0 Å². The molecular formula is C20H24N2O3S. The van der Waals surface area contributed by atoms with Gasteiger partial charge in [0, 0.05) is 13.1 Å². The zero-order chi connectivity index (χ0) is 18.9. The van der Waals surface area contributed by atoms with Gasteiger partial charge in [-0.25, -0.2) is 8.42 Å². The van der Waals surface area contributed by atoms with E-state index in [1.165, 1.54) is 9.87 Å². The predicted octanol–water partition coefficient (Wildman–Crippen LogP) is 2.73. The Morgan fingerprint density at radius 2 is 1.69 bits per heavy atom. The number of aryl methyl sites for hydroxylation is 1. The van der Waals surface area contributed by atoms with Crippen molar-refractivity contribution in [3.8, 4) is 0 Å². The van der Waals surface area contributed by atoms with E-state index in [4.69, 9.17) is 0 Å². The van der Waals surface area contributed by atoms with Gasteiger partial charge in [-0.1, -0.05) is 42.0 Å². The van der Waals surface area contributed by atoms with E-state index >= 15 is 0 Å². The summed E-state index contributed by atoms with van der Waals surface area (Å²) in [5.74, 6) is -0.175. The highest BCUT2D eigenvalue weighted by molar-refractivity contribution is 7.92. The average Bonchev–Trinajstić information content (AvgIpc) is 2.61. The second-order valence-corrected chi connectivity index (χ2v) is 8.71. The van der Waals surface area contributed by atoms with E-state index in [1.54, 1.807) is 24.0 Å². The minimum absolute atomic E-state index is 0.175. The maximum atomic E-state index is 13.1. The molecule has 5 nitrogen and oxygen atoms in total. The lowest BCUT2D eigenvalue weighted by Gasteiger charge is -2.35. The molecule has 26 heavy (non-hydrogen) atoms. The Labute approximate surface area is 155 Å². The van der Waals surface area contributed by atoms with Crippen LogP contribution in [0, 0.1) is 6.92 Å². The van der Waals surface area contributed by atoms with Crippen LogP contribution in [0.4, 0.5) is 5.69 Å². The first-order chi connectivity index (χ1) is 12.3. The maximum Gasteiger partial charge on any atom is 0.246 e. The lowest BCUT2D eigenvalue weighted by molar-refractivity contribution is -0.132. The fourth-order valence-electron chi connectivity index (χ4n) is 3.44. The van der Waals surface area contributed by atoms with Gasteiger partial charge in [0.2, 0.25) is 15.9 Å². The fraction of sp³-hybridized carbons (Fsp3) is 0.350. The lowest BCUT2D eigenvalue weighted by atomic mass is 9.99. The third kappa shape index (κ3) is 3.75. The Morgan fingerprint density at radius 1 is 1.08 bits per heavy atom. The topological polar surface area (TPSA) is 57.7 Å². The largest absolute Gasteiger partial charge is 0.336 e. The van der Waals surface area contributed by atoms with Crippen LogP contribution in [-0.4, -0.2) is 38.1 Å². The van der Waals surface area contributed by atoms with E-state index in [0.717, 1.165) is 23.8 Å².